The van der Waals surface area contributed by atoms with E-state index in [4.69, 9.17) is 9.90 Å². The van der Waals surface area contributed by atoms with Crippen LogP contribution in [0.15, 0.2) is 54.6 Å². The van der Waals surface area contributed by atoms with Gasteiger partial charge in [0.05, 0.1) is 6.67 Å². The van der Waals surface area contributed by atoms with Crippen LogP contribution in [0, 0.1) is 6.92 Å². The zero-order valence-corrected chi connectivity index (χ0v) is 20.7. The number of aryl methyl sites for hydroxylation is 1. The molecule has 0 saturated carbocycles. The van der Waals surface area contributed by atoms with Gasteiger partial charge in [-0.3, -0.25) is 9.59 Å². The van der Waals surface area contributed by atoms with Crippen molar-refractivity contribution < 1.29 is 32.7 Å². The van der Waals surface area contributed by atoms with Gasteiger partial charge in [-0.25, -0.2) is 4.79 Å². The molecule has 37 heavy (non-hydrogen) atoms. The van der Waals surface area contributed by atoms with Gasteiger partial charge in [-0.1, -0.05) is 35.9 Å². The highest BCUT2D eigenvalue weighted by molar-refractivity contribution is 5.94. The van der Waals surface area contributed by atoms with E-state index >= 15 is 0 Å². The maximum absolute atomic E-state index is 12.8. The summed E-state index contributed by atoms with van der Waals surface area (Å²) in [5, 5.41) is 13.3. The van der Waals surface area contributed by atoms with Crippen molar-refractivity contribution in [2.75, 3.05) is 31.2 Å². The Labute approximate surface area is 213 Å². The Hall–Kier alpha value is -3.60. The smallest absolute Gasteiger partial charge is 0.475 e. The minimum absolute atomic E-state index is 0.0368. The van der Waals surface area contributed by atoms with Crippen LogP contribution in [0.3, 0.4) is 0 Å². The Kier molecular flexibility index (Phi) is 8.80. The number of hydrogen-bond donors (Lipinski definition) is 3. The average molecular weight is 521 g/mol. The number of alkyl halides is 3. The molecule has 4 rings (SSSR count). The lowest BCUT2D eigenvalue weighted by Crippen LogP contribution is -2.57. The fourth-order valence-electron chi connectivity index (χ4n) is 4.66. The number of likely N-dealkylation sites (tertiary alicyclic amines) is 1. The second-order valence-electron chi connectivity index (χ2n) is 9.31. The van der Waals surface area contributed by atoms with E-state index in [1.54, 1.807) is 0 Å². The molecule has 3 N–H and O–H groups in total. The number of piperidine rings is 1. The number of carbonyl (C=O) groups is 3. The third-order valence-electron chi connectivity index (χ3n) is 6.52. The molecule has 2 fully saturated rings. The topological polar surface area (TPSA) is 102 Å². The lowest BCUT2D eigenvalue weighted by Gasteiger charge is -2.43. The van der Waals surface area contributed by atoms with Crippen LogP contribution in [0.25, 0.3) is 0 Å². The first kappa shape index (κ1) is 28.0. The monoisotopic (exact) mass is 520 g/mol. The number of anilines is 1. The molecule has 2 aromatic carbocycles. The number of rotatable bonds is 5. The summed E-state index contributed by atoms with van der Waals surface area (Å²) in [5.74, 6) is -2.66. The second-order valence-corrected chi connectivity index (χ2v) is 9.31. The highest BCUT2D eigenvalue weighted by atomic mass is 19.4. The number of halogens is 3. The van der Waals surface area contributed by atoms with Crippen LogP contribution < -0.4 is 15.5 Å². The third-order valence-corrected chi connectivity index (χ3v) is 6.52. The van der Waals surface area contributed by atoms with Crippen molar-refractivity contribution in [2.45, 2.75) is 44.4 Å². The number of nitrogens with zero attached hydrogens (tertiary/aromatic N) is 2. The molecule has 1 spiro atoms. The Bertz CT molecular complexity index is 1100. The summed E-state index contributed by atoms with van der Waals surface area (Å²) in [4.78, 5) is 38.7. The van der Waals surface area contributed by atoms with Gasteiger partial charge in [0, 0.05) is 36.9 Å². The molecule has 0 aromatic heterocycles. The molecular weight excluding hydrogens is 489 g/mol. The Balaban J connectivity index is 0.000000479. The number of nitrogens with one attached hydrogen (secondary N) is 2. The normalized spacial score (nSPS) is 18.0. The molecule has 0 aliphatic carbocycles. The SMILES string of the molecule is Cc1cccc(C(=O)N[C@@H](C)CN2CCC3(CC2)C(=O)NCN3c2ccccc2)c1.O=C(O)C(F)(F)F. The van der Waals surface area contributed by atoms with Gasteiger partial charge in [-0.05, 0) is 51.0 Å². The molecule has 2 saturated heterocycles. The van der Waals surface area contributed by atoms with Gasteiger partial charge in [-0.15, -0.1) is 0 Å². The molecule has 1 atom stereocenters. The largest absolute Gasteiger partial charge is 0.490 e. The van der Waals surface area contributed by atoms with E-state index < -0.39 is 17.7 Å². The fourth-order valence-corrected chi connectivity index (χ4v) is 4.66. The number of para-hydroxylation sites is 1. The first-order chi connectivity index (χ1) is 17.4. The summed E-state index contributed by atoms with van der Waals surface area (Å²) in [6.45, 7) is 7.04. The lowest BCUT2D eigenvalue weighted by atomic mass is 9.85. The van der Waals surface area contributed by atoms with E-state index in [0.717, 1.165) is 43.7 Å². The molecule has 2 aliphatic rings. The second kappa shape index (κ2) is 11.6. The third kappa shape index (κ3) is 7.00. The van der Waals surface area contributed by atoms with Crippen LogP contribution in [0.2, 0.25) is 0 Å². The highest BCUT2D eigenvalue weighted by Crippen LogP contribution is 2.36. The van der Waals surface area contributed by atoms with Crippen molar-refractivity contribution >= 4 is 23.5 Å². The average Bonchev–Trinajstić information content (AvgIpc) is 3.16. The summed E-state index contributed by atoms with van der Waals surface area (Å²) in [5.41, 5.74) is 2.39. The van der Waals surface area contributed by atoms with E-state index in [1.165, 1.54) is 0 Å². The van der Waals surface area contributed by atoms with Crippen molar-refractivity contribution in [3.05, 3.63) is 65.7 Å². The quantitative estimate of drug-likeness (QED) is 0.560. The maximum Gasteiger partial charge on any atom is 0.490 e. The van der Waals surface area contributed by atoms with Gasteiger partial charge >= 0.3 is 12.1 Å². The number of benzene rings is 2. The first-order valence-electron chi connectivity index (χ1n) is 11.9. The van der Waals surface area contributed by atoms with Gasteiger partial charge in [0.15, 0.2) is 0 Å². The summed E-state index contributed by atoms with van der Waals surface area (Å²) in [6, 6.07) is 17.8. The molecule has 11 heteroatoms. The molecule has 0 bridgehead atoms. The van der Waals surface area contributed by atoms with E-state index in [2.05, 4.69) is 32.6 Å². The molecule has 2 aliphatic heterocycles. The lowest BCUT2D eigenvalue weighted by molar-refractivity contribution is -0.192. The van der Waals surface area contributed by atoms with Crippen molar-refractivity contribution in [3.8, 4) is 0 Å². The van der Waals surface area contributed by atoms with Crippen molar-refractivity contribution in [1.82, 2.24) is 15.5 Å². The van der Waals surface area contributed by atoms with Crippen LogP contribution in [0.4, 0.5) is 18.9 Å². The molecule has 8 nitrogen and oxygen atoms in total. The zero-order valence-electron chi connectivity index (χ0n) is 20.7. The summed E-state index contributed by atoms with van der Waals surface area (Å²) < 4.78 is 31.7. The molecule has 0 radical (unpaired) electrons. The van der Waals surface area contributed by atoms with Crippen molar-refractivity contribution in [1.29, 1.82) is 0 Å². The van der Waals surface area contributed by atoms with Crippen LogP contribution in [-0.2, 0) is 9.59 Å². The number of carbonyl (C=O) groups excluding carboxylic acids is 2. The van der Waals surface area contributed by atoms with Gasteiger partial charge in [0.25, 0.3) is 5.91 Å². The summed E-state index contributed by atoms with van der Waals surface area (Å²) in [7, 11) is 0. The number of carboxylic acid groups (broad SMARTS) is 1. The predicted molar refractivity (Wildman–Crippen MR) is 132 cm³/mol. The fraction of sp³-hybridized carbons (Fsp3) is 0.423. The number of aliphatic carboxylic acids is 1. The van der Waals surface area contributed by atoms with Gasteiger partial charge in [-0.2, -0.15) is 13.2 Å². The standard InChI is InChI=1S/C24H30N4O2.C2HF3O2/c1-18-7-6-8-20(15-18)22(29)26-19(2)16-27-13-11-24(12-14-27)23(30)25-17-28(24)21-9-4-3-5-10-21;3-2(4,5)1(6)7/h3-10,15,19H,11-14,16-17H2,1-2H3,(H,25,30)(H,26,29);(H,6,7)/t19-;/m0./s1. The summed E-state index contributed by atoms with van der Waals surface area (Å²) >= 11 is 0. The van der Waals surface area contributed by atoms with Crippen molar-refractivity contribution in [2.24, 2.45) is 0 Å². The molecule has 2 amide bonds. The molecular formula is C26H31F3N4O4. The Morgan fingerprint density at radius 2 is 1.73 bits per heavy atom. The number of hydrogen-bond acceptors (Lipinski definition) is 5. The zero-order chi connectivity index (χ0) is 27.2. The van der Waals surface area contributed by atoms with E-state index in [0.29, 0.717) is 12.2 Å². The summed E-state index contributed by atoms with van der Waals surface area (Å²) in [6.07, 6.45) is -3.52. The number of amides is 2. The minimum atomic E-state index is -5.08. The van der Waals surface area contributed by atoms with Gasteiger partial charge < -0.3 is 25.5 Å². The van der Waals surface area contributed by atoms with Crippen LogP contribution >= 0.6 is 0 Å². The molecule has 200 valence electrons. The van der Waals surface area contributed by atoms with Crippen LogP contribution in [0.5, 0.6) is 0 Å². The minimum Gasteiger partial charge on any atom is -0.475 e. The highest BCUT2D eigenvalue weighted by Gasteiger charge is 2.50. The predicted octanol–water partition coefficient (Wildman–Crippen LogP) is 3.18. The number of carboxylic acids is 1. The maximum atomic E-state index is 12.8. The molecule has 2 aromatic rings. The van der Waals surface area contributed by atoms with E-state index in [-0.39, 0.29) is 17.9 Å². The molecule has 2 heterocycles. The van der Waals surface area contributed by atoms with Crippen molar-refractivity contribution in [3.63, 3.8) is 0 Å². The van der Waals surface area contributed by atoms with Crippen LogP contribution in [0.1, 0.15) is 35.7 Å². The van der Waals surface area contributed by atoms with E-state index in [9.17, 15) is 22.8 Å². The Morgan fingerprint density at radius 1 is 1.11 bits per heavy atom. The first-order valence-corrected chi connectivity index (χ1v) is 11.9. The Morgan fingerprint density at radius 3 is 2.30 bits per heavy atom. The van der Waals surface area contributed by atoms with Gasteiger partial charge in [0.1, 0.15) is 5.54 Å². The van der Waals surface area contributed by atoms with Crippen LogP contribution in [-0.4, -0.2) is 71.9 Å². The van der Waals surface area contributed by atoms with Gasteiger partial charge in [0.2, 0.25) is 5.91 Å². The molecule has 0 unspecified atom stereocenters. The van der Waals surface area contributed by atoms with E-state index in [1.807, 2.05) is 56.3 Å².